The van der Waals surface area contributed by atoms with Gasteiger partial charge in [0, 0.05) is 11.5 Å². The lowest BCUT2D eigenvalue weighted by atomic mass is 9.80. The Hall–Kier alpha value is -4.51. The first-order valence-corrected chi connectivity index (χ1v) is 13.8. The molecule has 212 valence electrons. The number of fused-ring (bicyclic) bond motifs is 1. The lowest BCUT2D eigenvalue weighted by molar-refractivity contribution is -0.124. The number of aliphatic hydroxyl groups is 1. The maximum absolute atomic E-state index is 13.0. The molecule has 2 amide bonds. The van der Waals surface area contributed by atoms with Crippen molar-refractivity contribution in [3.63, 3.8) is 0 Å². The molecule has 11 heteroatoms. The molecular weight excluding hydrogens is 522 g/mol. The topological polar surface area (TPSA) is 171 Å². The molecule has 4 aromatic rings. The predicted molar refractivity (Wildman–Crippen MR) is 154 cm³/mol. The SMILES string of the molecule is COc1cc(-c2nn(C3CCC(O)(CC(N)=O)CC3)c3ncnc(N)c23)ccc1NC(=O)[C@@H]1C[C@H]1c1ccccc1. The molecule has 6 rings (SSSR count). The number of aromatic nitrogens is 4. The summed E-state index contributed by atoms with van der Waals surface area (Å²) in [5.41, 5.74) is 14.2. The minimum Gasteiger partial charge on any atom is -0.495 e. The minimum atomic E-state index is -1.10. The van der Waals surface area contributed by atoms with Crippen LogP contribution in [0.5, 0.6) is 5.75 Å². The van der Waals surface area contributed by atoms with Crippen molar-refractivity contribution in [1.82, 2.24) is 19.7 Å². The molecule has 6 N–H and O–H groups in total. The Morgan fingerprint density at radius 2 is 1.90 bits per heavy atom. The number of benzene rings is 2. The number of nitrogens with zero attached hydrogens (tertiary/aromatic N) is 4. The molecule has 2 fully saturated rings. The lowest BCUT2D eigenvalue weighted by Gasteiger charge is -2.35. The molecule has 11 nitrogen and oxygen atoms in total. The van der Waals surface area contributed by atoms with Crippen LogP contribution in [0.3, 0.4) is 0 Å². The zero-order chi connectivity index (χ0) is 28.7. The molecule has 0 saturated heterocycles. The summed E-state index contributed by atoms with van der Waals surface area (Å²) in [6, 6.07) is 15.5. The average Bonchev–Trinajstić information content (AvgIpc) is 3.68. The average molecular weight is 556 g/mol. The van der Waals surface area contributed by atoms with Crippen molar-refractivity contribution >= 4 is 34.4 Å². The first kappa shape index (κ1) is 26.7. The molecule has 2 aromatic heterocycles. The van der Waals surface area contributed by atoms with E-state index in [-0.39, 0.29) is 30.2 Å². The summed E-state index contributed by atoms with van der Waals surface area (Å²) in [4.78, 5) is 33.1. The van der Waals surface area contributed by atoms with Crippen LogP contribution in [0.4, 0.5) is 11.5 Å². The van der Waals surface area contributed by atoms with Gasteiger partial charge >= 0.3 is 0 Å². The van der Waals surface area contributed by atoms with Gasteiger partial charge in [-0.25, -0.2) is 14.6 Å². The third kappa shape index (κ3) is 5.20. The van der Waals surface area contributed by atoms with Gasteiger partial charge in [0.05, 0.1) is 36.2 Å². The van der Waals surface area contributed by atoms with Gasteiger partial charge in [-0.3, -0.25) is 9.59 Å². The van der Waals surface area contributed by atoms with E-state index in [1.54, 1.807) is 13.2 Å². The van der Waals surface area contributed by atoms with Crippen LogP contribution in [0.15, 0.2) is 54.9 Å². The van der Waals surface area contributed by atoms with Crippen LogP contribution in [0.25, 0.3) is 22.3 Å². The summed E-state index contributed by atoms with van der Waals surface area (Å²) in [6.45, 7) is 0. The fourth-order valence-electron chi connectivity index (χ4n) is 6.06. The molecule has 2 aliphatic carbocycles. The lowest BCUT2D eigenvalue weighted by Crippen LogP contribution is -2.38. The van der Waals surface area contributed by atoms with Gasteiger partial charge in [-0.1, -0.05) is 36.4 Å². The largest absolute Gasteiger partial charge is 0.495 e. The number of rotatable bonds is 8. The van der Waals surface area contributed by atoms with E-state index in [0.29, 0.717) is 59.7 Å². The highest BCUT2D eigenvalue weighted by Gasteiger charge is 2.44. The highest BCUT2D eigenvalue weighted by molar-refractivity contribution is 6.00. The summed E-state index contributed by atoms with van der Waals surface area (Å²) in [5.74, 6) is 0.404. The Kier molecular flexibility index (Phi) is 6.82. The Bertz CT molecular complexity index is 1610. The van der Waals surface area contributed by atoms with Crippen LogP contribution >= 0.6 is 0 Å². The molecule has 0 unspecified atom stereocenters. The first-order valence-electron chi connectivity index (χ1n) is 13.8. The standard InChI is InChI=1S/C30H33N7O4/c1-41-23-13-18(7-8-22(23)35-29(39)21-14-20(21)17-5-3-2-4-6-17)26-25-27(32)33-16-34-28(25)37(36-26)19-9-11-30(40,12-10-19)15-24(31)38/h2-8,13,16,19-21,40H,9-12,14-15H2,1H3,(H2,31,38)(H,35,39)(H2,32,33,34)/t19?,20-,21+,30?/m0/s1. The van der Waals surface area contributed by atoms with Crippen molar-refractivity contribution in [1.29, 1.82) is 0 Å². The molecule has 41 heavy (non-hydrogen) atoms. The number of carbonyl (C=O) groups is 2. The Morgan fingerprint density at radius 1 is 1.15 bits per heavy atom. The van der Waals surface area contributed by atoms with Gasteiger partial charge in [0.25, 0.3) is 0 Å². The van der Waals surface area contributed by atoms with E-state index in [4.69, 9.17) is 21.3 Å². The maximum atomic E-state index is 13.0. The van der Waals surface area contributed by atoms with Gasteiger partial charge in [0.1, 0.15) is 23.6 Å². The normalized spacial score (nSPS) is 23.7. The summed E-state index contributed by atoms with van der Waals surface area (Å²) < 4.78 is 7.50. The molecule has 0 aliphatic heterocycles. The molecule has 2 aromatic carbocycles. The quantitative estimate of drug-likeness (QED) is 0.256. The summed E-state index contributed by atoms with van der Waals surface area (Å²) >= 11 is 0. The fourth-order valence-corrected chi connectivity index (χ4v) is 6.06. The highest BCUT2D eigenvalue weighted by Crippen LogP contribution is 2.48. The number of methoxy groups -OCH3 is 1. The number of amides is 2. The second-order valence-corrected chi connectivity index (χ2v) is 11.1. The zero-order valence-corrected chi connectivity index (χ0v) is 22.8. The third-order valence-electron chi connectivity index (χ3n) is 8.34. The van der Waals surface area contributed by atoms with Crippen molar-refractivity contribution in [3.05, 3.63) is 60.4 Å². The summed E-state index contributed by atoms with van der Waals surface area (Å²) in [6.07, 6.45) is 4.22. The van der Waals surface area contributed by atoms with E-state index in [0.717, 1.165) is 12.0 Å². The number of nitrogen functional groups attached to an aromatic ring is 1. The second kappa shape index (κ2) is 10.5. The van der Waals surface area contributed by atoms with Crippen LogP contribution in [-0.4, -0.2) is 49.4 Å². The number of nitrogens with one attached hydrogen (secondary N) is 1. The van der Waals surface area contributed by atoms with Crippen LogP contribution in [0.1, 0.15) is 56.0 Å². The Morgan fingerprint density at radius 3 is 2.61 bits per heavy atom. The van der Waals surface area contributed by atoms with Crippen molar-refractivity contribution in [2.75, 3.05) is 18.2 Å². The monoisotopic (exact) mass is 555 g/mol. The van der Waals surface area contributed by atoms with Crippen molar-refractivity contribution < 1.29 is 19.4 Å². The van der Waals surface area contributed by atoms with E-state index in [9.17, 15) is 14.7 Å². The van der Waals surface area contributed by atoms with Gasteiger partial charge in [-0.2, -0.15) is 5.10 Å². The Labute approximate surface area is 236 Å². The minimum absolute atomic E-state index is 0.0362. The predicted octanol–water partition coefficient (Wildman–Crippen LogP) is 3.55. The van der Waals surface area contributed by atoms with Crippen molar-refractivity contribution in [3.8, 4) is 17.0 Å². The molecule has 0 radical (unpaired) electrons. The van der Waals surface area contributed by atoms with E-state index < -0.39 is 11.5 Å². The number of carbonyl (C=O) groups excluding carboxylic acids is 2. The summed E-state index contributed by atoms with van der Waals surface area (Å²) in [5, 5.41) is 19.4. The molecule has 2 aliphatic rings. The zero-order valence-electron chi connectivity index (χ0n) is 22.8. The van der Waals surface area contributed by atoms with Gasteiger partial charge in [-0.05, 0) is 55.7 Å². The van der Waals surface area contributed by atoms with Gasteiger partial charge in [0.15, 0.2) is 5.65 Å². The molecule has 2 saturated carbocycles. The van der Waals surface area contributed by atoms with Gasteiger partial charge in [-0.15, -0.1) is 0 Å². The van der Waals surface area contributed by atoms with Gasteiger partial charge in [0.2, 0.25) is 11.8 Å². The smallest absolute Gasteiger partial charge is 0.228 e. The number of primary amides is 1. The van der Waals surface area contributed by atoms with Crippen LogP contribution in [-0.2, 0) is 9.59 Å². The molecule has 2 heterocycles. The summed E-state index contributed by atoms with van der Waals surface area (Å²) in [7, 11) is 1.56. The highest BCUT2D eigenvalue weighted by atomic mass is 16.5. The van der Waals surface area contributed by atoms with Crippen molar-refractivity contribution in [2.45, 2.75) is 56.1 Å². The van der Waals surface area contributed by atoms with Gasteiger partial charge < -0.3 is 26.6 Å². The van der Waals surface area contributed by atoms with E-state index in [1.165, 1.54) is 11.9 Å². The Balaban J connectivity index is 1.26. The number of hydrogen-bond donors (Lipinski definition) is 4. The van der Waals surface area contributed by atoms with Crippen LogP contribution in [0.2, 0.25) is 0 Å². The first-order chi connectivity index (χ1) is 19.8. The molecule has 0 spiro atoms. The third-order valence-corrected chi connectivity index (χ3v) is 8.34. The number of nitrogens with two attached hydrogens (primary N) is 2. The molecule has 0 bridgehead atoms. The maximum Gasteiger partial charge on any atom is 0.228 e. The van der Waals surface area contributed by atoms with E-state index in [2.05, 4.69) is 27.4 Å². The van der Waals surface area contributed by atoms with Crippen molar-refractivity contribution in [2.24, 2.45) is 11.7 Å². The van der Waals surface area contributed by atoms with E-state index in [1.807, 2.05) is 35.0 Å². The fraction of sp³-hybridized carbons (Fsp3) is 0.367. The van der Waals surface area contributed by atoms with E-state index >= 15 is 0 Å². The molecular formula is C30H33N7O4. The second-order valence-electron chi connectivity index (χ2n) is 11.1. The van der Waals surface area contributed by atoms with Crippen LogP contribution in [0, 0.1) is 5.92 Å². The number of ether oxygens (including phenoxy) is 1. The number of anilines is 2. The molecule has 2 atom stereocenters. The number of hydrogen-bond acceptors (Lipinski definition) is 8. The van der Waals surface area contributed by atoms with Crippen LogP contribution < -0.4 is 21.5 Å².